The van der Waals surface area contributed by atoms with Gasteiger partial charge in [0.25, 0.3) is 5.91 Å². The molecule has 3 aromatic carbocycles. The van der Waals surface area contributed by atoms with Crippen molar-refractivity contribution in [1.82, 2.24) is 0 Å². The van der Waals surface area contributed by atoms with Gasteiger partial charge in [-0.15, -0.1) is 0 Å². The zero-order valence-corrected chi connectivity index (χ0v) is 19.9. The third-order valence-corrected chi connectivity index (χ3v) is 5.70. The lowest BCUT2D eigenvalue weighted by molar-refractivity contribution is -0.112. The molecular formula is C24H16BrCl2FN2O2. The Kier molecular flexibility index (Phi) is 7.92. The molecule has 0 aliphatic rings. The fourth-order valence-corrected chi connectivity index (χ4v) is 3.89. The minimum atomic E-state index is -0.573. The molecule has 0 bridgehead atoms. The van der Waals surface area contributed by atoms with Crippen LogP contribution in [0.25, 0.3) is 6.08 Å². The van der Waals surface area contributed by atoms with E-state index in [1.54, 1.807) is 42.5 Å². The molecule has 4 nitrogen and oxygen atoms in total. The van der Waals surface area contributed by atoms with Crippen LogP contribution in [0.15, 0.2) is 64.6 Å². The topological polar surface area (TPSA) is 62.1 Å². The van der Waals surface area contributed by atoms with Crippen molar-refractivity contribution in [3.05, 3.63) is 97.2 Å². The summed E-state index contributed by atoms with van der Waals surface area (Å²) in [6.45, 7) is 2.04. The molecule has 1 N–H and O–H groups in total. The van der Waals surface area contributed by atoms with Gasteiger partial charge in [0.15, 0.2) is 5.75 Å². The molecule has 0 spiro atoms. The lowest BCUT2D eigenvalue weighted by Gasteiger charge is -2.11. The van der Waals surface area contributed by atoms with E-state index in [9.17, 15) is 14.4 Å². The Hall–Kier alpha value is -2.85. The maximum absolute atomic E-state index is 13.0. The summed E-state index contributed by atoms with van der Waals surface area (Å²) in [4.78, 5) is 12.5. The van der Waals surface area contributed by atoms with Crippen molar-refractivity contribution in [3.63, 3.8) is 0 Å². The van der Waals surface area contributed by atoms with Gasteiger partial charge in [-0.25, -0.2) is 4.39 Å². The number of hydrogen-bond donors (Lipinski definition) is 1. The average Bonchev–Trinajstić information content (AvgIpc) is 2.75. The van der Waals surface area contributed by atoms with Gasteiger partial charge in [0.2, 0.25) is 0 Å². The quantitative estimate of drug-likeness (QED) is 0.266. The predicted molar refractivity (Wildman–Crippen MR) is 128 cm³/mol. The summed E-state index contributed by atoms with van der Waals surface area (Å²) in [6.07, 6.45) is 1.42. The maximum atomic E-state index is 13.0. The number of benzene rings is 3. The molecule has 3 aromatic rings. The van der Waals surface area contributed by atoms with E-state index >= 15 is 0 Å². The Labute approximate surface area is 203 Å². The van der Waals surface area contributed by atoms with Crippen molar-refractivity contribution < 1.29 is 13.9 Å². The van der Waals surface area contributed by atoms with Crippen molar-refractivity contribution in [2.45, 2.75) is 13.5 Å². The molecule has 0 aliphatic heterocycles. The average molecular weight is 534 g/mol. The Morgan fingerprint density at radius 2 is 1.88 bits per heavy atom. The Morgan fingerprint density at radius 1 is 1.16 bits per heavy atom. The van der Waals surface area contributed by atoms with Crippen LogP contribution in [-0.2, 0) is 11.4 Å². The molecule has 0 fully saturated rings. The SMILES string of the molecule is Cc1ccc(NC(=O)/C(C#N)=C\c2cc(Cl)c(OCc3ccc(F)cc3)c(Br)c2)cc1Cl. The van der Waals surface area contributed by atoms with E-state index in [0.717, 1.165) is 11.1 Å². The van der Waals surface area contributed by atoms with Crippen LogP contribution in [0.2, 0.25) is 10.0 Å². The summed E-state index contributed by atoms with van der Waals surface area (Å²) in [5, 5.41) is 12.9. The number of hydrogen-bond acceptors (Lipinski definition) is 3. The Bertz CT molecular complexity index is 1210. The van der Waals surface area contributed by atoms with Gasteiger partial charge in [0.05, 0.1) is 9.50 Å². The highest BCUT2D eigenvalue weighted by molar-refractivity contribution is 9.10. The van der Waals surface area contributed by atoms with E-state index in [1.165, 1.54) is 18.2 Å². The maximum Gasteiger partial charge on any atom is 0.266 e. The van der Waals surface area contributed by atoms with Crippen LogP contribution in [0.3, 0.4) is 0 Å². The van der Waals surface area contributed by atoms with Gasteiger partial charge < -0.3 is 10.1 Å². The summed E-state index contributed by atoms with van der Waals surface area (Å²) < 4.78 is 19.3. The van der Waals surface area contributed by atoms with Crippen molar-refractivity contribution in [2.75, 3.05) is 5.32 Å². The first-order valence-electron chi connectivity index (χ1n) is 9.32. The van der Waals surface area contributed by atoms with Gasteiger partial charge in [-0.05, 0) is 82.0 Å². The number of anilines is 1. The van der Waals surface area contributed by atoms with Crippen molar-refractivity contribution >= 4 is 56.8 Å². The van der Waals surface area contributed by atoms with Gasteiger partial charge in [0.1, 0.15) is 24.1 Å². The molecule has 0 radical (unpaired) electrons. The highest BCUT2D eigenvalue weighted by atomic mass is 79.9. The highest BCUT2D eigenvalue weighted by Gasteiger charge is 2.13. The third kappa shape index (κ3) is 6.10. The molecule has 0 saturated carbocycles. The Balaban J connectivity index is 1.77. The van der Waals surface area contributed by atoms with E-state index in [4.69, 9.17) is 27.9 Å². The zero-order valence-electron chi connectivity index (χ0n) is 16.8. The van der Waals surface area contributed by atoms with Crippen LogP contribution in [0.5, 0.6) is 5.75 Å². The van der Waals surface area contributed by atoms with E-state index in [-0.39, 0.29) is 23.0 Å². The number of amides is 1. The van der Waals surface area contributed by atoms with Crippen molar-refractivity contribution in [2.24, 2.45) is 0 Å². The van der Waals surface area contributed by atoms with Crippen LogP contribution in [0.1, 0.15) is 16.7 Å². The number of nitrogens with one attached hydrogen (secondary N) is 1. The van der Waals surface area contributed by atoms with Crippen LogP contribution >= 0.6 is 39.1 Å². The first-order valence-corrected chi connectivity index (χ1v) is 10.9. The number of nitrogens with zero attached hydrogens (tertiary/aromatic N) is 1. The van der Waals surface area contributed by atoms with Crippen LogP contribution in [0.4, 0.5) is 10.1 Å². The minimum absolute atomic E-state index is 0.107. The number of carbonyl (C=O) groups excluding carboxylic acids is 1. The zero-order chi connectivity index (χ0) is 23.3. The molecule has 0 saturated heterocycles. The summed E-state index contributed by atoms with van der Waals surface area (Å²) >= 11 is 15.8. The molecule has 1 amide bonds. The van der Waals surface area contributed by atoms with Crippen LogP contribution < -0.4 is 10.1 Å². The number of nitriles is 1. The van der Waals surface area contributed by atoms with Gasteiger partial charge in [0, 0.05) is 10.7 Å². The van der Waals surface area contributed by atoms with Gasteiger partial charge in [-0.2, -0.15) is 5.26 Å². The summed E-state index contributed by atoms with van der Waals surface area (Å²) in [5.41, 5.74) is 2.56. The molecule has 0 heterocycles. The molecule has 3 rings (SSSR count). The summed E-state index contributed by atoms with van der Waals surface area (Å²) in [7, 11) is 0. The Morgan fingerprint density at radius 3 is 2.50 bits per heavy atom. The second kappa shape index (κ2) is 10.6. The fraction of sp³-hybridized carbons (Fsp3) is 0.0833. The number of halogens is 4. The van der Waals surface area contributed by atoms with E-state index in [0.29, 0.717) is 26.5 Å². The summed E-state index contributed by atoms with van der Waals surface area (Å²) in [5.74, 6) is -0.506. The van der Waals surface area contributed by atoms with E-state index in [1.807, 2.05) is 13.0 Å². The number of carbonyl (C=O) groups is 1. The van der Waals surface area contributed by atoms with Crippen molar-refractivity contribution in [3.8, 4) is 11.8 Å². The molecule has 162 valence electrons. The molecule has 0 unspecified atom stereocenters. The largest absolute Gasteiger partial charge is 0.486 e. The molecule has 0 atom stereocenters. The summed E-state index contributed by atoms with van der Waals surface area (Å²) in [6, 6.07) is 16.2. The van der Waals surface area contributed by atoms with Gasteiger partial charge in [-0.1, -0.05) is 41.4 Å². The smallest absolute Gasteiger partial charge is 0.266 e. The van der Waals surface area contributed by atoms with Crippen molar-refractivity contribution in [1.29, 1.82) is 5.26 Å². The standard InChI is InChI=1S/C24H16BrCl2FN2O2/c1-14-2-7-19(11-21(14)26)30-24(31)17(12-29)8-16-9-20(25)23(22(27)10-16)32-13-15-3-5-18(28)6-4-15/h2-11H,13H2,1H3,(H,30,31)/b17-8-. The first-order chi connectivity index (χ1) is 15.3. The number of ether oxygens (including phenoxy) is 1. The molecule has 0 aliphatic carbocycles. The molecule has 0 aromatic heterocycles. The minimum Gasteiger partial charge on any atom is -0.486 e. The van der Waals surface area contributed by atoms with Crippen LogP contribution in [-0.4, -0.2) is 5.91 Å². The number of rotatable bonds is 6. The molecule has 32 heavy (non-hydrogen) atoms. The molecule has 8 heteroatoms. The van der Waals surface area contributed by atoms with E-state index < -0.39 is 5.91 Å². The second-order valence-electron chi connectivity index (χ2n) is 6.82. The molecular weight excluding hydrogens is 518 g/mol. The normalized spacial score (nSPS) is 11.1. The second-order valence-corrected chi connectivity index (χ2v) is 8.49. The van der Waals surface area contributed by atoms with E-state index in [2.05, 4.69) is 21.2 Å². The first kappa shape index (κ1) is 23.8. The van der Waals surface area contributed by atoms with Crippen LogP contribution in [0, 0.1) is 24.1 Å². The lowest BCUT2D eigenvalue weighted by atomic mass is 10.1. The fourth-order valence-electron chi connectivity index (χ4n) is 2.72. The lowest BCUT2D eigenvalue weighted by Crippen LogP contribution is -2.13. The monoisotopic (exact) mass is 532 g/mol. The van der Waals surface area contributed by atoms with Gasteiger partial charge >= 0.3 is 0 Å². The third-order valence-electron chi connectivity index (χ3n) is 4.42. The highest BCUT2D eigenvalue weighted by Crippen LogP contribution is 2.35. The van der Waals surface area contributed by atoms with Gasteiger partial charge in [-0.3, -0.25) is 4.79 Å². The number of aryl methyl sites for hydroxylation is 1. The predicted octanol–water partition coefficient (Wildman–Crippen LogP) is 7.33.